The van der Waals surface area contributed by atoms with Crippen LogP contribution in [0.5, 0.6) is 0 Å². The average molecular weight is 384 g/mol. The van der Waals surface area contributed by atoms with Crippen molar-refractivity contribution in [3.05, 3.63) is 90.1 Å². The molecule has 0 saturated heterocycles. The molecule has 1 heterocycles. The van der Waals surface area contributed by atoms with Crippen molar-refractivity contribution < 1.29 is 9.90 Å². The van der Waals surface area contributed by atoms with Gasteiger partial charge in [-0.15, -0.1) is 0 Å². The Morgan fingerprint density at radius 3 is 2.52 bits per heavy atom. The third-order valence-corrected chi connectivity index (χ3v) is 5.39. The van der Waals surface area contributed by atoms with Crippen LogP contribution in [-0.4, -0.2) is 23.0 Å². The van der Waals surface area contributed by atoms with E-state index in [0.717, 1.165) is 38.8 Å². The number of carbonyl (C=O) groups excluding carboxylic acids is 1. The molecule has 4 heteroatoms. The summed E-state index contributed by atoms with van der Waals surface area (Å²) in [5, 5.41) is 11.0. The highest BCUT2D eigenvalue weighted by Gasteiger charge is 2.14. The van der Waals surface area contributed by atoms with Crippen LogP contribution in [0.1, 0.15) is 17.5 Å². The van der Waals surface area contributed by atoms with Crippen LogP contribution < -0.4 is 4.90 Å². The number of aliphatic hydroxyl groups excluding tert-OH is 1. The van der Waals surface area contributed by atoms with Crippen LogP contribution in [-0.2, 0) is 17.8 Å². The first-order chi connectivity index (χ1) is 14.2. The molecule has 1 amide bonds. The van der Waals surface area contributed by atoms with Gasteiger partial charge < -0.3 is 15.0 Å². The second-order valence-electron chi connectivity index (χ2n) is 7.18. The Morgan fingerprint density at radius 1 is 0.966 bits per heavy atom. The Bertz CT molecular complexity index is 1130. The first-order valence-corrected chi connectivity index (χ1v) is 9.78. The van der Waals surface area contributed by atoms with Crippen LogP contribution in [0, 0.1) is 0 Å². The second kappa shape index (κ2) is 8.33. The highest BCUT2D eigenvalue weighted by atomic mass is 16.3. The van der Waals surface area contributed by atoms with Crippen LogP contribution in [0.3, 0.4) is 0 Å². The van der Waals surface area contributed by atoms with E-state index in [1.165, 1.54) is 0 Å². The largest absolute Gasteiger partial charge is 0.392 e. The Morgan fingerprint density at radius 2 is 1.72 bits per heavy atom. The van der Waals surface area contributed by atoms with Crippen LogP contribution in [0.25, 0.3) is 22.0 Å². The van der Waals surface area contributed by atoms with Gasteiger partial charge in [-0.2, -0.15) is 0 Å². The number of aromatic amines is 1. The summed E-state index contributed by atoms with van der Waals surface area (Å²) in [5.74, 6) is 0.0478. The molecule has 0 radical (unpaired) electrons. The van der Waals surface area contributed by atoms with E-state index in [1.54, 1.807) is 11.9 Å². The highest BCUT2D eigenvalue weighted by molar-refractivity contribution is 5.94. The van der Waals surface area contributed by atoms with Gasteiger partial charge in [-0.25, -0.2) is 0 Å². The van der Waals surface area contributed by atoms with Gasteiger partial charge in [0.2, 0.25) is 5.91 Å². The molecule has 0 aliphatic heterocycles. The minimum absolute atomic E-state index is 0.0478. The standard InChI is InChI=1S/C25H24N2O2/c1-27(25(29)14-11-19-16-26-24-10-6-5-9-23(19)24)21-12-13-22(20(15-21)17-28)18-7-3-2-4-8-18/h2-10,12-13,15-16,26,28H,11,14,17H2,1H3. The van der Waals surface area contributed by atoms with Crippen LogP contribution >= 0.6 is 0 Å². The number of nitrogens with zero attached hydrogens (tertiary/aromatic N) is 1. The molecular weight excluding hydrogens is 360 g/mol. The average Bonchev–Trinajstić information content (AvgIpc) is 3.20. The van der Waals surface area contributed by atoms with E-state index in [4.69, 9.17) is 0 Å². The van der Waals surface area contributed by atoms with Crippen LogP contribution in [0.2, 0.25) is 0 Å². The van der Waals surface area contributed by atoms with Crippen molar-refractivity contribution in [3.63, 3.8) is 0 Å². The number of hydrogen-bond acceptors (Lipinski definition) is 2. The van der Waals surface area contributed by atoms with Gasteiger partial charge in [-0.1, -0.05) is 54.6 Å². The van der Waals surface area contributed by atoms with Crippen molar-refractivity contribution in [3.8, 4) is 11.1 Å². The normalized spacial score (nSPS) is 11.0. The zero-order valence-corrected chi connectivity index (χ0v) is 16.4. The van der Waals surface area contributed by atoms with E-state index in [2.05, 4.69) is 11.1 Å². The van der Waals surface area contributed by atoms with Crippen molar-refractivity contribution >= 4 is 22.5 Å². The predicted octanol–water partition coefficient (Wildman–Crippen LogP) is 4.92. The molecule has 29 heavy (non-hydrogen) atoms. The fourth-order valence-corrected chi connectivity index (χ4v) is 3.71. The third kappa shape index (κ3) is 3.93. The van der Waals surface area contributed by atoms with E-state index in [-0.39, 0.29) is 12.5 Å². The molecule has 0 aliphatic carbocycles. The first-order valence-electron chi connectivity index (χ1n) is 9.78. The molecule has 0 fully saturated rings. The number of hydrogen-bond donors (Lipinski definition) is 2. The molecule has 4 rings (SSSR count). The molecular formula is C25H24N2O2. The summed E-state index contributed by atoms with van der Waals surface area (Å²) in [7, 11) is 1.79. The van der Waals surface area contributed by atoms with Crippen molar-refractivity contribution in [2.24, 2.45) is 0 Å². The zero-order chi connectivity index (χ0) is 20.2. The molecule has 4 aromatic rings. The minimum atomic E-state index is -0.0740. The predicted molar refractivity (Wildman–Crippen MR) is 118 cm³/mol. The minimum Gasteiger partial charge on any atom is -0.392 e. The Kier molecular flexibility index (Phi) is 5.45. The summed E-state index contributed by atoms with van der Waals surface area (Å²) in [6, 6.07) is 23.9. The summed E-state index contributed by atoms with van der Waals surface area (Å²) in [6.45, 7) is -0.0740. The van der Waals surface area contributed by atoms with Gasteiger partial charge in [-0.3, -0.25) is 4.79 Å². The smallest absolute Gasteiger partial charge is 0.227 e. The number of aromatic nitrogens is 1. The number of carbonyl (C=O) groups is 1. The van der Waals surface area contributed by atoms with Gasteiger partial charge in [0.05, 0.1) is 6.61 Å². The second-order valence-corrected chi connectivity index (χ2v) is 7.18. The molecule has 1 aromatic heterocycles. The number of benzene rings is 3. The molecule has 0 unspecified atom stereocenters. The topological polar surface area (TPSA) is 56.3 Å². The van der Waals surface area contributed by atoms with E-state index in [1.807, 2.05) is 72.9 Å². The molecule has 4 nitrogen and oxygen atoms in total. The lowest BCUT2D eigenvalue weighted by molar-refractivity contribution is -0.118. The van der Waals surface area contributed by atoms with E-state index < -0.39 is 0 Å². The number of aliphatic hydroxyl groups is 1. The maximum Gasteiger partial charge on any atom is 0.227 e. The number of nitrogens with one attached hydrogen (secondary N) is 1. The lowest BCUT2D eigenvalue weighted by Gasteiger charge is -2.19. The summed E-state index contributed by atoms with van der Waals surface area (Å²) in [5.41, 5.74) is 5.88. The van der Waals surface area contributed by atoms with Gasteiger partial charge in [0, 0.05) is 36.3 Å². The molecule has 3 aromatic carbocycles. The number of H-pyrrole nitrogens is 1. The Hall–Kier alpha value is -3.37. The van der Waals surface area contributed by atoms with Gasteiger partial charge in [0.25, 0.3) is 0 Å². The molecule has 0 aliphatic rings. The van der Waals surface area contributed by atoms with Crippen molar-refractivity contribution in [2.45, 2.75) is 19.4 Å². The van der Waals surface area contributed by atoms with Crippen LogP contribution in [0.4, 0.5) is 5.69 Å². The lowest BCUT2D eigenvalue weighted by atomic mass is 9.99. The van der Waals surface area contributed by atoms with Crippen LogP contribution in [0.15, 0.2) is 79.0 Å². The van der Waals surface area contributed by atoms with Gasteiger partial charge >= 0.3 is 0 Å². The summed E-state index contributed by atoms with van der Waals surface area (Å²) in [4.78, 5) is 17.7. The molecule has 0 bridgehead atoms. The Balaban J connectivity index is 1.50. The van der Waals surface area contributed by atoms with E-state index >= 15 is 0 Å². The van der Waals surface area contributed by atoms with Gasteiger partial charge in [0.1, 0.15) is 0 Å². The fraction of sp³-hybridized carbons (Fsp3) is 0.160. The van der Waals surface area contributed by atoms with E-state index in [9.17, 15) is 9.90 Å². The number of amides is 1. The van der Waals surface area contributed by atoms with Crippen molar-refractivity contribution in [1.82, 2.24) is 4.98 Å². The monoisotopic (exact) mass is 384 g/mol. The number of anilines is 1. The third-order valence-electron chi connectivity index (χ3n) is 5.39. The summed E-state index contributed by atoms with van der Waals surface area (Å²) < 4.78 is 0. The SMILES string of the molecule is CN(C(=O)CCc1c[nH]c2ccccc12)c1ccc(-c2ccccc2)c(CO)c1. The number of para-hydroxylation sites is 1. The van der Waals surface area contributed by atoms with Gasteiger partial charge in [-0.05, 0) is 46.9 Å². The maximum absolute atomic E-state index is 12.8. The number of fused-ring (bicyclic) bond motifs is 1. The Labute approximate surface area is 170 Å². The number of rotatable bonds is 6. The first kappa shape index (κ1) is 19.0. The molecule has 2 N–H and O–H groups in total. The lowest BCUT2D eigenvalue weighted by Crippen LogP contribution is -2.26. The summed E-state index contributed by atoms with van der Waals surface area (Å²) in [6.07, 6.45) is 3.09. The van der Waals surface area contributed by atoms with Crippen molar-refractivity contribution in [1.29, 1.82) is 0 Å². The molecule has 146 valence electrons. The molecule has 0 atom stereocenters. The van der Waals surface area contributed by atoms with Crippen molar-refractivity contribution in [2.75, 3.05) is 11.9 Å². The van der Waals surface area contributed by atoms with E-state index in [0.29, 0.717) is 12.8 Å². The molecule has 0 spiro atoms. The zero-order valence-electron chi connectivity index (χ0n) is 16.4. The highest BCUT2D eigenvalue weighted by Crippen LogP contribution is 2.28. The molecule has 0 saturated carbocycles. The quantitative estimate of drug-likeness (QED) is 0.496. The maximum atomic E-state index is 12.8. The fourth-order valence-electron chi connectivity index (χ4n) is 3.71. The number of aryl methyl sites for hydroxylation is 1. The van der Waals surface area contributed by atoms with Gasteiger partial charge in [0.15, 0.2) is 0 Å². The summed E-state index contributed by atoms with van der Waals surface area (Å²) >= 11 is 0.